The van der Waals surface area contributed by atoms with E-state index in [0.717, 1.165) is 22.4 Å². The zero-order valence-electron chi connectivity index (χ0n) is 7.19. The highest BCUT2D eigenvalue weighted by atomic mass is 16.5. The van der Waals surface area contributed by atoms with Gasteiger partial charge in [-0.3, -0.25) is 4.40 Å². The molecule has 0 aliphatic rings. The molecular formula is C10H8N2O. The molecule has 0 fully saturated rings. The maximum Gasteiger partial charge on any atom is 0.142 e. The van der Waals surface area contributed by atoms with Crippen LogP contribution in [0.25, 0.3) is 16.7 Å². The summed E-state index contributed by atoms with van der Waals surface area (Å²) in [4.78, 5) is 4.26. The quantitative estimate of drug-likeness (QED) is 0.560. The fraction of sp³-hybridized carbons (Fsp3) is 0.100. The van der Waals surface area contributed by atoms with Crippen molar-refractivity contribution in [3.63, 3.8) is 0 Å². The lowest BCUT2D eigenvalue weighted by molar-refractivity contribution is 0.418. The zero-order valence-corrected chi connectivity index (χ0v) is 7.19. The number of pyridine rings is 1. The van der Waals surface area contributed by atoms with Gasteiger partial charge in [-0.25, -0.2) is 4.98 Å². The summed E-state index contributed by atoms with van der Waals surface area (Å²) in [5, 5.41) is 0. The maximum absolute atomic E-state index is 5.25. The van der Waals surface area contributed by atoms with Gasteiger partial charge >= 0.3 is 0 Å². The van der Waals surface area contributed by atoms with Gasteiger partial charge in [0.15, 0.2) is 0 Å². The highest BCUT2D eigenvalue weighted by Gasteiger charge is 2.07. The maximum atomic E-state index is 5.25. The Kier molecular flexibility index (Phi) is 1.10. The highest BCUT2D eigenvalue weighted by Crippen LogP contribution is 2.25. The minimum atomic E-state index is 0.889. The number of hydrogen-bond donors (Lipinski definition) is 0. The summed E-state index contributed by atoms with van der Waals surface area (Å²) < 4.78 is 7.33. The largest absolute Gasteiger partial charge is 0.495 e. The van der Waals surface area contributed by atoms with E-state index in [4.69, 9.17) is 4.74 Å². The van der Waals surface area contributed by atoms with Crippen molar-refractivity contribution < 1.29 is 4.74 Å². The van der Waals surface area contributed by atoms with Crippen LogP contribution in [0.3, 0.4) is 0 Å². The van der Waals surface area contributed by atoms with E-state index >= 15 is 0 Å². The van der Waals surface area contributed by atoms with Gasteiger partial charge in [0.1, 0.15) is 11.4 Å². The topological polar surface area (TPSA) is 26.5 Å². The molecule has 0 saturated carbocycles. The zero-order chi connectivity index (χ0) is 8.84. The molecule has 3 heterocycles. The van der Waals surface area contributed by atoms with Gasteiger partial charge in [-0.2, -0.15) is 0 Å². The Morgan fingerprint density at radius 1 is 1.23 bits per heavy atom. The third-order valence-electron chi connectivity index (χ3n) is 2.33. The van der Waals surface area contributed by atoms with Crippen molar-refractivity contribution in [3.8, 4) is 5.75 Å². The number of methoxy groups -OCH3 is 1. The lowest BCUT2D eigenvalue weighted by Crippen LogP contribution is -1.88. The molecular weight excluding hydrogens is 164 g/mol. The first-order valence-corrected chi connectivity index (χ1v) is 4.13. The van der Waals surface area contributed by atoms with Crippen LogP contribution in [0.1, 0.15) is 0 Å². The first kappa shape index (κ1) is 6.71. The molecule has 13 heavy (non-hydrogen) atoms. The number of rotatable bonds is 1. The van der Waals surface area contributed by atoms with Gasteiger partial charge in [-0.1, -0.05) is 0 Å². The van der Waals surface area contributed by atoms with Crippen molar-refractivity contribution >= 4 is 16.7 Å². The van der Waals surface area contributed by atoms with Crippen LogP contribution in [-0.4, -0.2) is 16.5 Å². The average molecular weight is 172 g/mol. The second-order valence-corrected chi connectivity index (χ2v) is 3.00. The molecule has 0 amide bonds. The van der Waals surface area contributed by atoms with Gasteiger partial charge in [0.2, 0.25) is 0 Å². The van der Waals surface area contributed by atoms with Crippen molar-refractivity contribution in [2.75, 3.05) is 7.11 Å². The summed E-state index contributed by atoms with van der Waals surface area (Å²) in [6.45, 7) is 0. The molecule has 0 spiro atoms. The molecule has 3 heteroatoms. The smallest absolute Gasteiger partial charge is 0.142 e. The van der Waals surface area contributed by atoms with Gasteiger partial charge in [0.25, 0.3) is 0 Å². The molecule has 3 aromatic heterocycles. The Labute approximate surface area is 74.9 Å². The Morgan fingerprint density at radius 2 is 2.15 bits per heavy atom. The number of hydrogen-bond acceptors (Lipinski definition) is 2. The predicted molar refractivity (Wildman–Crippen MR) is 50.4 cm³/mol. The number of aromatic nitrogens is 2. The van der Waals surface area contributed by atoms with E-state index in [0.29, 0.717) is 0 Å². The van der Waals surface area contributed by atoms with Gasteiger partial charge in [0.05, 0.1) is 24.3 Å². The predicted octanol–water partition coefficient (Wildman–Crippen LogP) is 1.93. The third kappa shape index (κ3) is 0.710. The van der Waals surface area contributed by atoms with Gasteiger partial charge in [-0.15, -0.1) is 0 Å². The normalized spacial score (nSPS) is 11.5. The molecule has 0 radical (unpaired) electrons. The van der Waals surface area contributed by atoms with E-state index < -0.39 is 0 Å². The molecule has 3 rings (SSSR count). The van der Waals surface area contributed by atoms with E-state index in [1.54, 1.807) is 7.11 Å². The van der Waals surface area contributed by atoms with E-state index in [9.17, 15) is 0 Å². The second kappa shape index (κ2) is 2.13. The molecule has 0 aliphatic heterocycles. The Morgan fingerprint density at radius 3 is 3.00 bits per heavy atom. The van der Waals surface area contributed by atoms with Crippen LogP contribution in [0.4, 0.5) is 0 Å². The SMILES string of the molecule is COc1ccc2cnc3ccc1n23. The summed E-state index contributed by atoms with van der Waals surface area (Å²) in [5.41, 5.74) is 3.16. The van der Waals surface area contributed by atoms with Crippen LogP contribution in [0.5, 0.6) is 5.75 Å². The lowest BCUT2D eigenvalue weighted by atomic mass is 10.3. The van der Waals surface area contributed by atoms with Gasteiger partial charge in [-0.05, 0) is 24.3 Å². The Bertz CT molecular complexity index is 556. The average Bonchev–Trinajstić information content (AvgIpc) is 2.74. The number of imidazole rings is 1. The molecule has 0 aromatic carbocycles. The van der Waals surface area contributed by atoms with Crippen molar-refractivity contribution in [1.29, 1.82) is 0 Å². The third-order valence-corrected chi connectivity index (χ3v) is 2.33. The van der Waals surface area contributed by atoms with Crippen LogP contribution in [0.15, 0.2) is 30.5 Å². The van der Waals surface area contributed by atoms with Crippen molar-refractivity contribution in [1.82, 2.24) is 9.38 Å². The highest BCUT2D eigenvalue weighted by molar-refractivity contribution is 5.75. The fourth-order valence-electron chi connectivity index (χ4n) is 1.72. The molecule has 0 saturated heterocycles. The van der Waals surface area contributed by atoms with Crippen molar-refractivity contribution in [2.24, 2.45) is 0 Å². The Balaban J connectivity index is 2.60. The molecule has 0 aliphatic carbocycles. The van der Waals surface area contributed by atoms with E-state index in [1.165, 1.54) is 0 Å². The molecule has 64 valence electrons. The summed E-state index contributed by atoms with van der Waals surface area (Å²) in [6, 6.07) is 7.98. The number of ether oxygens (including phenoxy) is 1. The number of nitrogens with zero attached hydrogens (tertiary/aromatic N) is 2. The summed E-state index contributed by atoms with van der Waals surface area (Å²) in [5.74, 6) is 0.889. The molecule has 0 atom stereocenters. The van der Waals surface area contributed by atoms with E-state index in [1.807, 2.05) is 30.5 Å². The fourth-order valence-corrected chi connectivity index (χ4v) is 1.72. The second-order valence-electron chi connectivity index (χ2n) is 3.00. The van der Waals surface area contributed by atoms with Crippen LogP contribution in [0.2, 0.25) is 0 Å². The van der Waals surface area contributed by atoms with Crippen molar-refractivity contribution in [2.45, 2.75) is 0 Å². The molecule has 3 aromatic rings. The molecule has 0 bridgehead atoms. The van der Waals surface area contributed by atoms with E-state index in [-0.39, 0.29) is 0 Å². The van der Waals surface area contributed by atoms with Crippen LogP contribution in [-0.2, 0) is 0 Å². The first-order valence-electron chi connectivity index (χ1n) is 4.13. The monoisotopic (exact) mass is 172 g/mol. The van der Waals surface area contributed by atoms with Crippen LogP contribution >= 0.6 is 0 Å². The minimum Gasteiger partial charge on any atom is -0.495 e. The van der Waals surface area contributed by atoms with Gasteiger partial charge < -0.3 is 4.74 Å². The van der Waals surface area contributed by atoms with Gasteiger partial charge in [0, 0.05) is 0 Å². The van der Waals surface area contributed by atoms with Crippen LogP contribution < -0.4 is 4.74 Å². The van der Waals surface area contributed by atoms with E-state index in [2.05, 4.69) is 9.38 Å². The van der Waals surface area contributed by atoms with Crippen LogP contribution in [0, 0.1) is 0 Å². The lowest BCUT2D eigenvalue weighted by Gasteiger charge is -2.02. The van der Waals surface area contributed by atoms with Crippen molar-refractivity contribution in [3.05, 3.63) is 30.5 Å². The summed E-state index contributed by atoms with van der Waals surface area (Å²) >= 11 is 0. The minimum absolute atomic E-state index is 0.889. The summed E-state index contributed by atoms with van der Waals surface area (Å²) in [7, 11) is 1.68. The first-order chi connectivity index (χ1) is 6.40. The molecule has 0 N–H and O–H groups in total. The molecule has 3 nitrogen and oxygen atoms in total. The molecule has 0 unspecified atom stereocenters. The summed E-state index contributed by atoms with van der Waals surface area (Å²) in [6.07, 6.45) is 1.86. The standard InChI is InChI=1S/C10H8N2O/c1-13-9-4-2-7-6-11-10-5-3-8(9)12(7)10/h2-6H,1H3. The Hall–Kier alpha value is -1.77.